The van der Waals surface area contributed by atoms with Crippen molar-refractivity contribution < 1.29 is 0 Å². The molecule has 182 valence electrons. The largest absolute Gasteiger partial charge is 0.292 e. The number of aromatic nitrogens is 5. The van der Waals surface area contributed by atoms with Crippen LogP contribution in [0.3, 0.4) is 0 Å². The molecular formula is C33H25N5. The zero-order valence-corrected chi connectivity index (χ0v) is 21.0. The third-order valence-electron chi connectivity index (χ3n) is 7.39. The zero-order valence-electron chi connectivity index (χ0n) is 21.0. The molecule has 1 aliphatic carbocycles. The molecule has 38 heavy (non-hydrogen) atoms. The van der Waals surface area contributed by atoms with Crippen LogP contribution >= 0.6 is 0 Å². The second-order valence-electron chi connectivity index (χ2n) is 9.85. The van der Waals surface area contributed by atoms with Gasteiger partial charge in [0.25, 0.3) is 0 Å². The van der Waals surface area contributed by atoms with Crippen LogP contribution in [-0.4, -0.2) is 24.5 Å². The molecular weight excluding hydrogens is 466 g/mol. The van der Waals surface area contributed by atoms with Gasteiger partial charge < -0.3 is 0 Å². The van der Waals surface area contributed by atoms with Gasteiger partial charge in [-0.05, 0) is 66.6 Å². The Morgan fingerprint density at radius 1 is 0.684 bits per heavy atom. The fraction of sp³-hybridized carbons (Fsp3) is 0.0909. The minimum absolute atomic E-state index is 0.221. The van der Waals surface area contributed by atoms with E-state index in [4.69, 9.17) is 9.97 Å². The van der Waals surface area contributed by atoms with Gasteiger partial charge >= 0.3 is 0 Å². The van der Waals surface area contributed by atoms with E-state index < -0.39 is 0 Å². The van der Waals surface area contributed by atoms with Gasteiger partial charge in [0.1, 0.15) is 5.82 Å². The monoisotopic (exact) mass is 491 g/mol. The summed E-state index contributed by atoms with van der Waals surface area (Å²) in [5.41, 5.74) is 9.29. The van der Waals surface area contributed by atoms with Gasteiger partial charge in [-0.15, -0.1) is 0 Å². The Labute approximate surface area is 221 Å². The van der Waals surface area contributed by atoms with Gasteiger partial charge in [0, 0.05) is 35.1 Å². The maximum Gasteiger partial charge on any atom is 0.138 e. The van der Waals surface area contributed by atoms with Crippen LogP contribution in [0, 0.1) is 0 Å². The highest BCUT2D eigenvalue weighted by Crippen LogP contribution is 2.43. The lowest BCUT2D eigenvalue weighted by atomic mass is 9.72. The number of pyridine rings is 4. The fourth-order valence-electron chi connectivity index (χ4n) is 5.60. The predicted octanol–water partition coefficient (Wildman–Crippen LogP) is 7.07. The van der Waals surface area contributed by atoms with E-state index in [1.807, 2.05) is 60.9 Å². The summed E-state index contributed by atoms with van der Waals surface area (Å²) in [7, 11) is 0. The molecule has 6 aromatic rings. The van der Waals surface area contributed by atoms with Crippen LogP contribution in [0.15, 0.2) is 116 Å². The van der Waals surface area contributed by atoms with Crippen molar-refractivity contribution in [3.8, 4) is 28.5 Å². The average molecular weight is 492 g/mol. The molecule has 5 heterocycles. The van der Waals surface area contributed by atoms with E-state index in [-0.39, 0.29) is 5.41 Å². The minimum atomic E-state index is -0.221. The Bertz CT molecular complexity index is 1800. The molecule has 0 radical (unpaired) electrons. The molecule has 7 rings (SSSR count). The van der Waals surface area contributed by atoms with Crippen molar-refractivity contribution in [2.45, 2.75) is 18.8 Å². The summed E-state index contributed by atoms with van der Waals surface area (Å²) in [6.07, 6.45) is 10.9. The summed E-state index contributed by atoms with van der Waals surface area (Å²) in [4.78, 5) is 19.0. The van der Waals surface area contributed by atoms with Gasteiger partial charge in [-0.2, -0.15) is 0 Å². The lowest BCUT2D eigenvalue weighted by Crippen LogP contribution is -2.26. The Kier molecular flexibility index (Phi) is 5.22. The molecule has 0 amide bonds. The van der Waals surface area contributed by atoms with Gasteiger partial charge in [-0.25, -0.2) is 4.98 Å². The minimum Gasteiger partial charge on any atom is -0.292 e. The lowest BCUT2D eigenvalue weighted by molar-refractivity contribution is 0.589. The number of benzene rings is 1. The third kappa shape index (κ3) is 3.63. The van der Waals surface area contributed by atoms with E-state index in [0.717, 1.165) is 51.6 Å². The molecule has 5 nitrogen and oxygen atoms in total. The molecule has 5 heteroatoms. The van der Waals surface area contributed by atoms with Gasteiger partial charge in [0.2, 0.25) is 0 Å². The van der Waals surface area contributed by atoms with E-state index in [2.05, 4.69) is 76.1 Å². The highest BCUT2D eigenvalue weighted by Gasteiger charge is 2.34. The van der Waals surface area contributed by atoms with Crippen LogP contribution in [-0.2, 0) is 11.8 Å². The Morgan fingerprint density at radius 2 is 1.42 bits per heavy atom. The lowest BCUT2D eigenvalue weighted by Gasteiger charge is -2.32. The van der Waals surface area contributed by atoms with E-state index in [1.165, 1.54) is 11.1 Å². The van der Waals surface area contributed by atoms with Crippen molar-refractivity contribution in [2.24, 2.45) is 0 Å². The van der Waals surface area contributed by atoms with Crippen molar-refractivity contribution >= 4 is 17.1 Å². The van der Waals surface area contributed by atoms with Crippen LogP contribution in [0.1, 0.15) is 23.7 Å². The van der Waals surface area contributed by atoms with E-state index in [0.29, 0.717) is 0 Å². The van der Waals surface area contributed by atoms with Crippen LogP contribution in [0.25, 0.3) is 45.6 Å². The first kappa shape index (κ1) is 22.3. The highest BCUT2D eigenvalue weighted by molar-refractivity contribution is 5.88. The fourth-order valence-corrected chi connectivity index (χ4v) is 5.60. The van der Waals surface area contributed by atoms with Crippen LogP contribution < -0.4 is 0 Å². The molecule has 0 aliphatic heterocycles. The third-order valence-corrected chi connectivity index (χ3v) is 7.39. The SMILES string of the molecule is CC1(c2ccccc2-c2ccccn2)C=Cc2c(c3ncccc3n2-c2cccc(-c3ccccn3)n2)C1. The van der Waals surface area contributed by atoms with Crippen molar-refractivity contribution in [3.05, 3.63) is 132 Å². The van der Waals surface area contributed by atoms with Crippen molar-refractivity contribution in [3.63, 3.8) is 0 Å². The molecule has 0 bridgehead atoms. The Balaban J connectivity index is 1.39. The number of fused-ring (bicyclic) bond motifs is 3. The summed E-state index contributed by atoms with van der Waals surface area (Å²) < 4.78 is 2.23. The predicted molar refractivity (Wildman–Crippen MR) is 152 cm³/mol. The second-order valence-corrected chi connectivity index (χ2v) is 9.85. The first-order chi connectivity index (χ1) is 18.7. The standard InChI is InChI=1S/C33H25N5/c1-33(25-11-3-2-10-23(25)26-12-4-6-19-34-26)18-17-29-24(22-33)32-30(15-9-21-36-32)38(29)31-16-8-14-28(37-31)27-13-5-7-20-35-27/h2-21H,22H2,1H3. The Hall–Kier alpha value is -4.90. The van der Waals surface area contributed by atoms with Gasteiger partial charge in [0.15, 0.2) is 0 Å². The van der Waals surface area contributed by atoms with Gasteiger partial charge in [-0.1, -0.05) is 55.5 Å². The van der Waals surface area contributed by atoms with Gasteiger partial charge in [0.05, 0.1) is 33.8 Å². The Morgan fingerprint density at radius 3 is 2.24 bits per heavy atom. The summed E-state index contributed by atoms with van der Waals surface area (Å²) in [6, 6.07) is 30.8. The van der Waals surface area contributed by atoms with Crippen LogP contribution in [0.2, 0.25) is 0 Å². The molecule has 1 atom stereocenters. The molecule has 0 spiro atoms. The quantitative estimate of drug-likeness (QED) is 0.265. The molecule has 1 aliphatic rings. The number of nitrogens with zero attached hydrogens (tertiary/aromatic N) is 5. The van der Waals surface area contributed by atoms with Crippen molar-refractivity contribution in [2.75, 3.05) is 0 Å². The van der Waals surface area contributed by atoms with Crippen LogP contribution in [0.4, 0.5) is 0 Å². The average Bonchev–Trinajstić information content (AvgIpc) is 3.31. The van der Waals surface area contributed by atoms with Crippen molar-refractivity contribution in [1.82, 2.24) is 24.5 Å². The van der Waals surface area contributed by atoms with E-state index >= 15 is 0 Å². The molecule has 1 aromatic carbocycles. The number of allylic oxidation sites excluding steroid dienone is 1. The molecule has 1 unspecified atom stereocenters. The summed E-state index contributed by atoms with van der Waals surface area (Å²) in [5.74, 6) is 0.856. The summed E-state index contributed by atoms with van der Waals surface area (Å²) in [6.45, 7) is 2.31. The second kappa shape index (κ2) is 8.89. The van der Waals surface area contributed by atoms with Crippen LogP contribution in [0.5, 0.6) is 0 Å². The molecule has 0 saturated carbocycles. The maximum atomic E-state index is 5.02. The first-order valence-electron chi connectivity index (χ1n) is 12.8. The number of hydrogen-bond donors (Lipinski definition) is 0. The zero-order chi connectivity index (χ0) is 25.5. The molecule has 5 aromatic heterocycles. The van der Waals surface area contributed by atoms with Crippen molar-refractivity contribution in [1.29, 1.82) is 0 Å². The smallest absolute Gasteiger partial charge is 0.138 e. The first-order valence-corrected chi connectivity index (χ1v) is 12.8. The van der Waals surface area contributed by atoms with E-state index in [1.54, 1.807) is 6.20 Å². The van der Waals surface area contributed by atoms with Gasteiger partial charge in [-0.3, -0.25) is 19.5 Å². The van der Waals surface area contributed by atoms with E-state index in [9.17, 15) is 0 Å². The molecule has 0 saturated heterocycles. The highest BCUT2D eigenvalue weighted by atomic mass is 15.1. The molecule has 0 fully saturated rings. The normalized spacial score (nSPS) is 16.4. The maximum absolute atomic E-state index is 5.02. The topological polar surface area (TPSA) is 56.5 Å². The summed E-state index contributed by atoms with van der Waals surface area (Å²) in [5, 5.41) is 0. The molecule has 0 N–H and O–H groups in total. The summed E-state index contributed by atoms with van der Waals surface area (Å²) >= 11 is 0. The number of hydrogen-bond acceptors (Lipinski definition) is 4. The number of rotatable bonds is 4.